The Balaban J connectivity index is 1.87. The van der Waals surface area contributed by atoms with Crippen LogP contribution in [0.25, 0.3) is 10.9 Å². The van der Waals surface area contributed by atoms with E-state index >= 15 is 0 Å². The van der Waals surface area contributed by atoms with Crippen molar-refractivity contribution in [1.29, 1.82) is 0 Å². The topological polar surface area (TPSA) is 41.3 Å². The summed E-state index contributed by atoms with van der Waals surface area (Å²) in [6, 6.07) is 10.7. The molecule has 27 heavy (non-hydrogen) atoms. The molecule has 0 bridgehead atoms. The first-order chi connectivity index (χ1) is 12.9. The Kier molecular flexibility index (Phi) is 4.57. The zero-order valence-electron chi connectivity index (χ0n) is 16.7. The first kappa shape index (κ1) is 18.2. The summed E-state index contributed by atoms with van der Waals surface area (Å²) in [7, 11) is 2.18. The minimum absolute atomic E-state index is 0.484. The fourth-order valence-corrected chi connectivity index (χ4v) is 4.25. The number of hydrogen-bond donors (Lipinski definition) is 1. The molecule has 1 atom stereocenters. The van der Waals surface area contributed by atoms with E-state index in [9.17, 15) is 5.11 Å². The summed E-state index contributed by atoms with van der Waals surface area (Å²) in [4.78, 5) is 6.47. The van der Waals surface area contributed by atoms with Gasteiger partial charge in [-0.25, -0.2) is 0 Å². The van der Waals surface area contributed by atoms with Gasteiger partial charge in [0.2, 0.25) is 0 Å². The van der Waals surface area contributed by atoms with E-state index in [4.69, 9.17) is 0 Å². The van der Waals surface area contributed by atoms with Crippen LogP contribution in [0.2, 0.25) is 0 Å². The van der Waals surface area contributed by atoms with Gasteiger partial charge >= 0.3 is 0 Å². The second kappa shape index (κ2) is 6.77. The quantitative estimate of drug-likeness (QED) is 0.760. The van der Waals surface area contributed by atoms with E-state index in [1.165, 1.54) is 27.7 Å². The molecule has 1 unspecified atom stereocenters. The lowest BCUT2D eigenvalue weighted by Gasteiger charge is -2.29. The molecular formula is C23H29N3O. The van der Waals surface area contributed by atoms with Gasteiger partial charge in [-0.3, -0.25) is 4.98 Å². The van der Waals surface area contributed by atoms with Crippen molar-refractivity contribution in [3.63, 3.8) is 0 Å². The normalized spacial score (nSPS) is 17.3. The second-order valence-electron chi connectivity index (χ2n) is 8.44. The average Bonchev–Trinajstić information content (AvgIpc) is 2.94. The van der Waals surface area contributed by atoms with Crippen LogP contribution in [-0.4, -0.2) is 33.1 Å². The third-order valence-electron chi connectivity index (χ3n) is 5.91. The summed E-state index contributed by atoms with van der Waals surface area (Å²) in [5.74, 6) is 0.484. The first-order valence-corrected chi connectivity index (χ1v) is 9.82. The Morgan fingerprint density at radius 2 is 1.93 bits per heavy atom. The fraction of sp³-hybridized carbons (Fsp3) is 0.435. The summed E-state index contributed by atoms with van der Waals surface area (Å²) < 4.78 is 2.37. The molecule has 1 aromatic carbocycles. The molecule has 0 aliphatic carbocycles. The van der Waals surface area contributed by atoms with Crippen LogP contribution in [0.5, 0.6) is 0 Å². The van der Waals surface area contributed by atoms with Gasteiger partial charge in [0.1, 0.15) is 5.60 Å². The number of likely N-dealkylation sites (N-methyl/N-ethyl adjacent to an activating group) is 1. The van der Waals surface area contributed by atoms with Gasteiger partial charge in [0.25, 0.3) is 0 Å². The lowest BCUT2D eigenvalue weighted by molar-refractivity contribution is 0.0384. The average molecular weight is 364 g/mol. The van der Waals surface area contributed by atoms with E-state index in [2.05, 4.69) is 53.5 Å². The molecule has 3 heterocycles. The predicted molar refractivity (Wildman–Crippen MR) is 110 cm³/mol. The number of pyridine rings is 1. The highest BCUT2D eigenvalue weighted by atomic mass is 16.3. The zero-order chi connectivity index (χ0) is 19.2. The van der Waals surface area contributed by atoms with Crippen LogP contribution in [0.3, 0.4) is 0 Å². The van der Waals surface area contributed by atoms with Crippen LogP contribution in [0.15, 0.2) is 42.7 Å². The molecule has 4 rings (SSSR count). The lowest BCUT2D eigenvalue weighted by atomic mass is 9.96. The maximum Gasteiger partial charge on any atom is 0.105 e. The molecule has 0 radical (unpaired) electrons. The van der Waals surface area contributed by atoms with Gasteiger partial charge in [-0.2, -0.15) is 0 Å². The number of nitrogens with zero attached hydrogens (tertiary/aromatic N) is 3. The van der Waals surface area contributed by atoms with E-state index in [0.717, 1.165) is 25.1 Å². The third kappa shape index (κ3) is 3.28. The van der Waals surface area contributed by atoms with E-state index in [1.807, 2.05) is 19.1 Å². The van der Waals surface area contributed by atoms with Crippen LogP contribution >= 0.6 is 0 Å². The Morgan fingerprint density at radius 3 is 2.63 bits per heavy atom. The molecule has 0 fully saturated rings. The molecule has 0 saturated carbocycles. The largest absolute Gasteiger partial charge is 0.384 e. The Bertz CT molecular complexity index is 957. The Labute approximate surface area is 161 Å². The van der Waals surface area contributed by atoms with Gasteiger partial charge in [0, 0.05) is 48.5 Å². The molecule has 1 aliphatic heterocycles. The van der Waals surface area contributed by atoms with Crippen molar-refractivity contribution in [2.24, 2.45) is 0 Å². The number of fused-ring (bicyclic) bond motifs is 3. The summed E-state index contributed by atoms with van der Waals surface area (Å²) >= 11 is 0. The van der Waals surface area contributed by atoms with Gasteiger partial charge in [-0.15, -0.1) is 0 Å². The minimum Gasteiger partial charge on any atom is -0.384 e. The van der Waals surface area contributed by atoms with Crippen LogP contribution in [0.4, 0.5) is 0 Å². The van der Waals surface area contributed by atoms with Gasteiger partial charge in [0.05, 0.1) is 6.54 Å². The number of benzene rings is 1. The predicted octanol–water partition coefficient (Wildman–Crippen LogP) is 4.06. The van der Waals surface area contributed by atoms with Crippen LogP contribution < -0.4 is 0 Å². The van der Waals surface area contributed by atoms with Crippen LogP contribution in [0.1, 0.15) is 49.1 Å². The van der Waals surface area contributed by atoms with Crippen molar-refractivity contribution in [2.75, 3.05) is 13.6 Å². The number of aliphatic hydroxyl groups is 1. The van der Waals surface area contributed by atoms with Crippen LogP contribution in [-0.2, 0) is 25.1 Å². The highest BCUT2D eigenvalue weighted by Gasteiger charge is 2.29. The summed E-state index contributed by atoms with van der Waals surface area (Å²) in [5.41, 5.74) is 5.34. The van der Waals surface area contributed by atoms with Gasteiger partial charge in [-0.1, -0.05) is 26.0 Å². The van der Waals surface area contributed by atoms with Crippen molar-refractivity contribution in [3.8, 4) is 0 Å². The van der Waals surface area contributed by atoms with Gasteiger partial charge in [0.15, 0.2) is 0 Å². The Hall–Kier alpha value is -2.17. The van der Waals surface area contributed by atoms with E-state index in [0.29, 0.717) is 12.5 Å². The molecule has 1 aliphatic rings. The molecule has 0 spiro atoms. The number of rotatable bonds is 4. The molecular weight excluding hydrogens is 334 g/mol. The van der Waals surface area contributed by atoms with Crippen LogP contribution in [0, 0.1) is 0 Å². The standard InChI is InChI=1S/C23H29N3O/c1-16(2)17-5-6-19-20-14-25(4)12-9-21(20)26(22(19)13-17)15-23(3,27)18-7-10-24-11-8-18/h5-8,10-11,13,16,27H,9,12,14-15H2,1-4H3. The molecule has 4 nitrogen and oxygen atoms in total. The fourth-order valence-electron chi connectivity index (χ4n) is 4.25. The van der Waals surface area contributed by atoms with Crippen molar-refractivity contribution >= 4 is 10.9 Å². The highest BCUT2D eigenvalue weighted by molar-refractivity contribution is 5.86. The molecule has 0 saturated heterocycles. The molecule has 142 valence electrons. The first-order valence-electron chi connectivity index (χ1n) is 9.82. The van der Waals surface area contributed by atoms with Crippen molar-refractivity contribution in [1.82, 2.24) is 14.5 Å². The summed E-state index contributed by atoms with van der Waals surface area (Å²) in [6.07, 6.45) is 4.52. The number of aromatic nitrogens is 2. The summed E-state index contributed by atoms with van der Waals surface area (Å²) in [6.45, 7) is 8.94. The van der Waals surface area contributed by atoms with Crippen molar-refractivity contribution < 1.29 is 5.11 Å². The van der Waals surface area contributed by atoms with Gasteiger partial charge < -0.3 is 14.6 Å². The SMILES string of the molecule is CC(C)c1ccc2c3c(n(CC(C)(O)c4ccncc4)c2c1)CCN(C)C3. The second-order valence-corrected chi connectivity index (χ2v) is 8.44. The third-order valence-corrected chi connectivity index (χ3v) is 5.91. The highest BCUT2D eigenvalue weighted by Crippen LogP contribution is 2.35. The monoisotopic (exact) mass is 363 g/mol. The zero-order valence-corrected chi connectivity index (χ0v) is 16.7. The smallest absolute Gasteiger partial charge is 0.105 e. The van der Waals surface area contributed by atoms with Crippen molar-refractivity contribution in [3.05, 3.63) is 65.1 Å². The van der Waals surface area contributed by atoms with E-state index in [1.54, 1.807) is 12.4 Å². The molecule has 0 amide bonds. The van der Waals surface area contributed by atoms with Gasteiger partial charge in [-0.05, 0) is 54.8 Å². The van der Waals surface area contributed by atoms with E-state index in [-0.39, 0.29) is 0 Å². The van der Waals surface area contributed by atoms with E-state index < -0.39 is 5.60 Å². The maximum absolute atomic E-state index is 11.3. The van der Waals surface area contributed by atoms with Crippen molar-refractivity contribution in [2.45, 2.75) is 51.8 Å². The number of hydrogen-bond acceptors (Lipinski definition) is 3. The summed E-state index contributed by atoms with van der Waals surface area (Å²) in [5, 5.41) is 12.6. The Morgan fingerprint density at radius 1 is 1.19 bits per heavy atom. The molecule has 3 aromatic rings. The molecule has 2 aromatic heterocycles. The maximum atomic E-state index is 11.3. The molecule has 4 heteroatoms. The lowest BCUT2D eigenvalue weighted by Crippen LogP contribution is -2.31. The minimum atomic E-state index is -0.945. The molecule has 1 N–H and O–H groups in total.